The van der Waals surface area contributed by atoms with E-state index in [1.54, 1.807) is 13.8 Å². The van der Waals surface area contributed by atoms with E-state index in [0.717, 1.165) is 4.90 Å². The lowest BCUT2D eigenvalue weighted by Gasteiger charge is -2.32. The molecule has 0 aliphatic carbocycles. The van der Waals surface area contributed by atoms with Crippen LogP contribution in [0.25, 0.3) is 0 Å². The number of rotatable bonds is 6. The molecule has 0 aromatic rings. The van der Waals surface area contributed by atoms with Crippen molar-refractivity contribution in [2.24, 2.45) is 5.41 Å². The van der Waals surface area contributed by atoms with Crippen molar-refractivity contribution in [1.82, 2.24) is 4.90 Å². The molecule has 0 atom stereocenters. The lowest BCUT2D eigenvalue weighted by atomic mass is 9.92. The van der Waals surface area contributed by atoms with Crippen molar-refractivity contribution in [1.29, 1.82) is 0 Å². The second-order valence-electron chi connectivity index (χ2n) is 4.05. The molecular formula is C9H18F3NO2. The summed E-state index contributed by atoms with van der Waals surface area (Å²) in [6.45, 7) is 1.73. The highest BCUT2D eigenvalue weighted by Gasteiger charge is 2.33. The van der Waals surface area contributed by atoms with Gasteiger partial charge in [-0.2, -0.15) is 13.2 Å². The van der Waals surface area contributed by atoms with Crippen molar-refractivity contribution in [3.05, 3.63) is 0 Å². The van der Waals surface area contributed by atoms with E-state index in [2.05, 4.69) is 0 Å². The van der Waals surface area contributed by atoms with Gasteiger partial charge in [0, 0.05) is 12.0 Å². The van der Waals surface area contributed by atoms with E-state index in [0.29, 0.717) is 0 Å². The van der Waals surface area contributed by atoms with Crippen molar-refractivity contribution >= 4 is 0 Å². The van der Waals surface area contributed by atoms with Gasteiger partial charge in [0.2, 0.25) is 0 Å². The Labute approximate surface area is 87.5 Å². The van der Waals surface area contributed by atoms with Crippen molar-refractivity contribution in [3.63, 3.8) is 0 Å². The molecule has 0 saturated carbocycles. The van der Waals surface area contributed by atoms with Crippen LogP contribution in [-0.4, -0.2) is 54.1 Å². The first-order valence-corrected chi connectivity index (χ1v) is 4.77. The quantitative estimate of drug-likeness (QED) is 0.710. The summed E-state index contributed by atoms with van der Waals surface area (Å²) in [6.07, 6.45) is -4.25. The van der Waals surface area contributed by atoms with Gasteiger partial charge >= 0.3 is 6.18 Å². The van der Waals surface area contributed by atoms with E-state index in [1.165, 1.54) is 0 Å². The molecule has 0 fully saturated rings. The Kier molecular flexibility index (Phi) is 5.55. The summed E-state index contributed by atoms with van der Waals surface area (Å²) in [7, 11) is 0. The maximum Gasteiger partial charge on any atom is 0.401 e. The van der Waals surface area contributed by atoms with Gasteiger partial charge in [-0.3, -0.25) is 4.90 Å². The highest BCUT2D eigenvalue weighted by Crippen LogP contribution is 2.21. The molecule has 0 bridgehead atoms. The fourth-order valence-electron chi connectivity index (χ4n) is 1.22. The van der Waals surface area contributed by atoms with Crippen LogP contribution in [0.4, 0.5) is 13.2 Å². The Hall–Kier alpha value is -0.330. The van der Waals surface area contributed by atoms with Crippen LogP contribution in [0.5, 0.6) is 0 Å². The topological polar surface area (TPSA) is 43.7 Å². The van der Waals surface area contributed by atoms with Gasteiger partial charge in [-0.05, 0) is 6.54 Å². The molecule has 2 N–H and O–H groups in total. The van der Waals surface area contributed by atoms with Crippen LogP contribution in [0.1, 0.15) is 13.8 Å². The summed E-state index contributed by atoms with van der Waals surface area (Å²) in [5, 5.41) is 17.9. The van der Waals surface area contributed by atoms with Crippen LogP contribution in [0.15, 0.2) is 0 Å². The zero-order valence-electron chi connectivity index (χ0n) is 9.01. The number of halogens is 3. The third kappa shape index (κ3) is 5.96. The zero-order valence-corrected chi connectivity index (χ0v) is 9.01. The largest absolute Gasteiger partial charge is 0.401 e. The van der Waals surface area contributed by atoms with Gasteiger partial charge in [0.05, 0.1) is 19.8 Å². The summed E-state index contributed by atoms with van der Waals surface area (Å²) in [4.78, 5) is 1.16. The molecule has 92 valence electrons. The van der Waals surface area contributed by atoms with Crippen LogP contribution < -0.4 is 0 Å². The fraction of sp³-hybridized carbons (Fsp3) is 1.00. The Morgan fingerprint density at radius 3 is 1.80 bits per heavy atom. The molecule has 0 radical (unpaired) electrons. The first-order valence-electron chi connectivity index (χ1n) is 4.77. The maximum atomic E-state index is 12.1. The Balaban J connectivity index is 4.32. The Bertz CT molecular complexity index is 181. The monoisotopic (exact) mass is 229 g/mol. The van der Waals surface area contributed by atoms with Crippen LogP contribution in [-0.2, 0) is 0 Å². The molecule has 0 aromatic heterocycles. The van der Waals surface area contributed by atoms with E-state index >= 15 is 0 Å². The van der Waals surface area contributed by atoms with E-state index in [-0.39, 0.29) is 26.3 Å². The SMILES string of the molecule is CCN(CC(F)(F)F)CC(C)(CO)CO. The Morgan fingerprint density at radius 1 is 1.07 bits per heavy atom. The van der Waals surface area contributed by atoms with Crippen molar-refractivity contribution in [2.45, 2.75) is 20.0 Å². The number of alkyl halides is 3. The van der Waals surface area contributed by atoms with E-state index in [4.69, 9.17) is 10.2 Å². The van der Waals surface area contributed by atoms with Gasteiger partial charge in [0.1, 0.15) is 0 Å². The molecule has 0 aromatic carbocycles. The number of hydrogen-bond acceptors (Lipinski definition) is 3. The smallest absolute Gasteiger partial charge is 0.396 e. The predicted octanol–water partition coefficient (Wildman–Crippen LogP) is 0.861. The molecule has 15 heavy (non-hydrogen) atoms. The van der Waals surface area contributed by atoms with E-state index in [1.807, 2.05) is 0 Å². The minimum absolute atomic E-state index is 0.0238. The number of nitrogens with zero attached hydrogens (tertiary/aromatic N) is 1. The first-order chi connectivity index (χ1) is 6.76. The molecule has 0 aliphatic heterocycles. The van der Waals surface area contributed by atoms with Crippen LogP contribution in [0.3, 0.4) is 0 Å². The van der Waals surface area contributed by atoms with Crippen LogP contribution in [0, 0.1) is 5.41 Å². The highest BCUT2D eigenvalue weighted by molar-refractivity contribution is 4.77. The van der Waals surface area contributed by atoms with Crippen molar-refractivity contribution in [2.75, 3.05) is 32.8 Å². The van der Waals surface area contributed by atoms with Gasteiger partial charge in [0.25, 0.3) is 0 Å². The minimum Gasteiger partial charge on any atom is -0.396 e. The summed E-state index contributed by atoms with van der Waals surface area (Å²) in [5.41, 5.74) is -0.888. The zero-order chi connectivity index (χ0) is 12.1. The molecule has 0 unspecified atom stereocenters. The molecule has 0 amide bonds. The number of aliphatic hydroxyl groups excluding tert-OH is 2. The van der Waals surface area contributed by atoms with Gasteiger partial charge in [0.15, 0.2) is 0 Å². The Morgan fingerprint density at radius 2 is 1.53 bits per heavy atom. The third-order valence-electron chi connectivity index (χ3n) is 2.22. The molecule has 0 saturated heterocycles. The average molecular weight is 229 g/mol. The standard InChI is InChI=1S/C9H18F3NO2/c1-3-13(5-9(10,11)12)4-8(2,6-14)7-15/h14-15H,3-7H2,1-2H3. The minimum atomic E-state index is -4.25. The molecular weight excluding hydrogens is 211 g/mol. The highest BCUT2D eigenvalue weighted by atomic mass is 19.4. The number of hydrogen-bond donors (Lipinski definition) is 2. The van der Waals surface area contributed by atoms with Crippen molar-refractivity contribution < 1.29 is 23.4 Å². The molecule has 3 nitrogen and oxygen atoms in total. The molecule has 0 rings (SSSR count). The summed E-state index contributed by atoms with van der Waals surface area (Å²) in [5.74, 6) is 0. The lowest BCUT2D eigenvalue weighted by molar-refractivity contribution is -0.150. The fourth-order valence-corrected chi connectivity index (χ4v) is 1.22. The summed E-state index contributed by atoms with van der Waals surface area (Å²) < 4.78 is 36.3. The summed E-state index contributed by atoms with van der Waals surface area (Å²) >= 11 is 0. The third-order valence-corrected chi connectivity index (χ3v) is 2.22. The first kappa shape index (κ1) is 14.7. The normalized spacial score (nSPS) is 13.6. The van der Waals surface area contributed by atoms with Gasteiger partial charge in [-0.15, -0.1) is 0 Å². The predicted molar refractivity (Wildman–Crippen MR) is 50.4 cm³/mol. The molecule has 0 aliphatic rings. The molecule has 6 heteroatoms. The van der Waals surface area contributed by atoms with Gasteiger partial charge < -0.3 is 10.2 Å². The molecule has 0 heterocycles. The second-order valence-corrected chi connectivity index (χ2v) is 4.05. The molecule has 0 spiro atoms. The summed E-state index contributed by atoms with van der Waals surface area (Å²) in [6, 6.07) is 0. The number of aliphatic hydroxyl groups is 2. The maximum absolute atomic E-state index is 12.1. The second kappa shape index (κ2) is 5.67. The van der Waals surface area contributed by atoms with Crippen molar-refractivity contribution in [3.8, 4) is 0 Å². The van der Waals surface area contributed by atoms with E-state index in [9.17, 15) is 13.2 Å². The lowest BCUT2D eigenvalue weighted by Crippen LogP contribution is -2.44. The van der Waals surface area contributed by atoms with Gasteiger partial charge in [-0.1, -0.05) is 13.8 Å². The van der Waals surface area contributed by atoms with Crippen LogP contribution >= 0.6 is 0 Å². The average Bonchev–Trinajstić information content (AvgIpc) is 2.14. The van der Waals surface area contributed by atoms with Gasteiger partial charge in [-0.25, -0.2) is 0 Å². The van der Waals surface area contributed by atoms with E-state index < -0.39 is 18.1 Å². The van der Waals surface area contributed by atoms with Crippen LogP contribution in [0.2, 0.25) is 0 Å².